The standard InChI is InChI=1S/C17H24ClNO2/c1-17(2,21-15-10-8-14(18)9-11-15)16(20)19(3)12-13-6-4-5-7-13/h8-11,13H,4-7,12H2,1-3H3. The second kappa shape index (κ2) is 6.69. The molecule has 0 aliphatic heterocycles. The van der Waals surface area contributed by atoms with Crippen LogP contribution >= 0.6 is 11.6 Å². The fraction of sp³-hybridized carbons (Fsp3) is 0.588. The van der Waals surface area contributed by atoms with E-state index in [1.807, 2.05) is 25.8 Å². The molecule has 0 bridgehead atoms. The molecule has 21 heavy (non-hydrogen) atoms. The van der Waals surface area contributed by atoms with Crippen molar-refractivity contribution in [1.82, 2.24) is 4.90 Å². The van der Waals surface area contributed by atoms with Gasteiger partial charge in [0.15, 0.2) is 5.60 Å². The molecule has 0 heterocycles. The maximum Gasteiger partial charge on any atom is 0.265 e. The van der Waals surface area contributed by atoms with E-state index in [1.54, 1.807) is 24.3 Å². The third kappa shape index (κ3) is 4.37. The van der Waals surface area contributed by atoms with Crippen LogP contribution in [0.1, 0.15) is 39.5 Å². The monoisotopic (exact) mass is 309 g/mol. The molecule has 0 radical (unpaired) electrons. The van der Waals surface area contributed by atoms with Crippen molar-refractivity contribution in [2.75, 3.05) is 13.6 Å². The Hall–Kier alpha value is -1.22. The molecular weight excluding hydrogens is 286 g/mol. The maximum absolute atomic E-state index is 12.6. The van der Waals surface area contributed by atoms with Crippen LogP contribution in [0.3, 0.4) is 0 Å². The molecule has 0 N–H and O–H groups in total. The van der Waals surface area contributed by atoms with Gasteiger partial charge in [-0.05, 0) is 56.9 Å². The third-order valence-electron chi connectivity index (χ3n) is 4.06. The fourth-order valence-corrected chi connectivity index (χ4v) is 3.09. The zero-order valence-electron chi connectivity index (χ0n) is 13.1. The van der Waals surface area contributed by atoms with Gasteiger partial charge in [0.25, 0.3) is 5.91 Å². The summed E-state index contributed by atoms with van der Waals surface area (Å²) in [6, 6.07) is 7.10. The number of carbonyl (C=O) groups excluding carboxylic acids is 1. The molecule has 0 unspecified atom stereocenters. The quantitative estimate of drug-likeness (QED) is 0.818. The van der Waals surface area contributed by atoms with Crippen LogP contribution in [0.15, 0.2) is 24.3 Å². The zero-order valence-corrected chi connectivity index (χ0v) is 13.8. The number of rotatable bonds is 5. The Bertz CT molecular complexity index is 478. The number of carbonyl (C=O) groups is 1. The molecular formula is C17H24ClNO2. The van der Waals surface area contributed by atoms with Crippen LogP contribution in [0.5, 0.6) is 5.75 Å². The molecule has 1 aliphatic carbocycles. The molecule has 0 saturated heterocycles. The molecule has 4 heteroatoms. The van der Waals surface area contributed by atoms with Crippen LogP contribution in [-0.2, 0) is 4.79 Å². The number of benzene rings is 1. The summed E-state index contributed by atoms with van der Waals surface area (Å²) < 4.78 is 5.85. The highest BCUT2D eigenvalue weighted by molar-refractivity contribution is 6.30. The van der Waals surface area contributed by atoms with Crippen molar-refractivity contribution in [1.29, 1.82) is 0 Å². The first-order chi connectivity index (χ1) is 9.88. The number of nitrogens with zero attached hydrogens (tertiary/aromatic N) is 1. The summed E-state index contributed by atoms with van der Waals surface area (Å²) >= 11 is 5.86. The number of amides is 1. The highest BCUT2D eigenvalue weighted by Crippen LogP contribution is 2.27. The molecule has 2 rings (SSSR count). The number of likely N-dealkylation sites (N-methyl/N-ethyl adjacent to an activating group) is 1. The molecule has 1 fully saturated rings. The number of hydrogen-bond donors (Lipinski definition) is 0. The summed E-state index contributed by atoms with van der Waals surface area (Å²) in [5.41, 5.74) is -0.874. The van der Waals surface area contributed by atoms with Crippen LogP contribution < -0.4 is 4.74 Å². The van der Waals surface area contributed by atoms with Gasteiger partial charge in [0.1, 0.15) is 5.75 Å². The first-order valence-corrected chi connectivity index (χ1v) is 7.96. The predicted octanol–water partition coefficient (Wildman–Crippen LogP) is 4.15. The van der Waals surface area contributed by atoms with Crippen molar-refractivity contribution in [3.05, 3.63) is 29.3 Å². The minimum absolute atomic E-state index is 0.0179. The normalized spacial score (nSPS) is 16.0. The van der Waals surface area contributed by atoms with E-state index in [9.17, 15) is 4.79 Å². The van der Waals surface area contributed by atoms with Gasteiger partial charge in [0.2, 0.25) is 0 Å². The molecule has 1 aliphatic rings. The van der Waals surface area contributed by atoms with Crippen molar-refractivity contribution < 1.29 is 9.53 Å². The van der Waals surface area contributed by atoms with E-state index in [0.717, 1.165) is 6.54 Å². The van der Waals surface area contributed by atoms with Gasteiger partial charge >= 0.3 is 0 Å². The highest BCUT2D eigenvalue weighted by atomic mass is 35.5. The van der Waals surface area contributed by atoms with Crippen LogP contribution in [0.25, 0.3) is 0 Å². The SMILES string of the molecule is CN(CC1CCCC1)C(=O)C(C)(C)Oc1ccc(Cl)cc1. The minimum atomic E-state index is -0.874. The predicted molar refractivity (Wildman–Crippen MR) is 85.8 cm³/mol. The Kier molecular flexibility index (Phi) is 5.15. The van der Waals surface area contributed by atoms with Crippen LogP contribution in [0, 0.1) is 5.92 Å². The van der Waals surface area contributed by atoms with Gasteiger partial charge in [-0.2, -0.15) is 0 Å². The van der Waals surface area contributed by atoms with Crippen LogP contribution in [0.2, 0.25) is 5.02 Å². The van der Waals surface area contributed by atoms with Crippen molar-refractivity contribution in [2.45, 2.75) is 45.1 Å². The summed E-state index contributed by atoms with van der Waals surface area (Å²) in [5, 5.41) is 0.657. The Morgan fingerprint density at radius 1 is 1.29 bits per heavy atom. The second-order valence-corrected chi connectivity index (χ2v) is 6.84. The molecule has 3 nitrogen and oxygen atoms in total. The second-order valence-electron chi connectivity index (χ2n) is 6.40. The molecule has 0 spiro atoms. The van der Waals surface area contributed by atoms with E-state index in [2.05, 4.69) is 0 Å². The summed E-state index contributed by atoms with van der Waals surface area (Å²) in [6.45, 7) is 4.45. The van der Waals surface area contributed by atoms with Crippen LogP contribution in [-0.4, -0.2) is 30.0 Å². The van der Waals surface area contributed by atoms with Gasteiger partial charge in [0.05, 0.1) is 0 Å². The van der Waals surface area contributed by atoms with Crippen molar-refractivity contribution in [3.8, 4) is 5.75 Å². The lowest BCUT2D eigenvalue weighted by molar-refractivity contribution is -0.144. The van der Waals surface area contributed by atoms with E-state index in [-0.39, 0.29) is 5.91 Å². The molecule has 1 amide bonds. The topological polar surface area (TPSA) is 29.5 Å². The largest absolute Gasteiger partial charge is 0.478 e. The molecule has 1 saturated carbocycles. The van der Waals surface area contributed by atoms with Gasteiger partial charge in [0, 0.05) is 18.6 Å². The Morgan fingerprint density at radius 2 is 1.86 bits per heavy atom. The average Bonchev–Trinajstić information content (AvgIpc) is 2.93. The number of halogens is 1. The molecule has 116 valence electrons. The lowest BCUT2D eigenvalue weighted by Crippen LogP contribution is -2.48. The lowest BCUT2D eigenvalue weighted by Gasteiger charge is -2.31. The first-order valence-electron chi connectivity index (χ1n) is 7.58. The minimum Gasteiger partial charge on any atom is -0.478 e. The summed E-state index contributed by atoms with van der Waals surface area (Å²) in [6.07, 6.45) is 5.04. The molecule has 1 aromatic rings. The van der Waals surface area contributed by atoms with Crippen molar-refractivity contribution >= 4 is 17.5 Å². The van der Waals surface area contributed by atoms with Crippen molar-refractivity contribution in [3.63, 3.8) is 0 Å². The Labute approximate surface area is 132 Å². The molecule has 0 aromatic heterocycles. The molecule has 0 atom stereocenters. The lowest BCUT2D eigenvalue weighted by atomic mass is 10.0. The van der Waals surface area contributed by atoms with Gasteiger partial charge in [-0.1, -0.05) is 24.4 Å². The third-order valence-corrected chi connectivity index (χ3v) is 4.31. The highest BCUT2D eigenvalue weighted by Gasteiger charge is 2.33. The van der Waals surface area contributed by atoms with E-state index in [0.29, 0.717) is 16.7 Å². The van der Waals surface area contributed by atoms with Crippen molar-refractivity contribution in [2.24, 2.45) is 5.92 Å². The Balaban J connectivity index is 1.96. The Morgan fingerprint density at radius 3 is 2.43 bits per heavy atom. The average molecular weight is 310 g/mol. The smallest absolute Gasteiger partial charge is 0.265 e. The maximum atomic E-state index is 12.6. The van der Waals surface area contributed by atoms with Gasteiger partial charge in [-0.25, -0.2) is 0 Å². The summed E-state index contributed by atoms with van der Waals surface area (Å²) in [4.78, 5) is 14.4. The number of ether oxygens (including phenoxy) is 1. The van der Waals surface area contributed by atoms with E-state index in [1.165, 1.54) is 25.7 Å². The van der Waals surface area contributed by atoms with E-state index >= 15 is 0 Å². The number of hydrogen-bond acceptors (Lipinski definition) is 2. The van der Waals surface area contributed by atoms with E-state index < -0.39 is 5.60 Å². The zero-order chi connectivity index (χ0) is 15.5. The fourth-order valence-electron chi connectivity index (χ4n) is 2.96. The van der Waals surface area contributed by atoms with Gasteiger partial charge in [-0.3, -0.25) is 4.79 Å². The van der Waals surface area contributed by atoms with Crippen LogP contribution in [0.4, 0.5) is 0 Å². The first kappa shape index (κ1) is 16.2. The summed E-state index contributed by atoms with van der Waals surface area (Å²) in [7, 11) is 1.87. The van der Waals surface area contributed by atoms with Gasteiger partial charge in [-0.15, -0.1) is 0 Å². The molecule has 1 aromatic carbocycles. The summed E-state index contributed by atoms with van der Waals surface area (Å²) in [5.74, 6) is 1.32. The van der Waals surface area contributed by atoms with E-state index in [4.69, 9.17) is 16.3 Å². The van der Waals surface area contributed by atoms with Gasteiger partial charge < -0.3 is 9.64 Å².